The van der Waals surface area contributed by atoms with E-state index in [2.05, 4.69) is 10.6 Å². The van der Waals surface area contributed by atoms with Gasteiger partial charge in [0.05, 0.1) is 6.10 Å². The Labute approximate surface area is 158 Å². The second-order valence-corrected chi connectivity index (χ2v) is 6.41. The van der Waals surface area contributed by atoms with Crippen LogP contribution in [0.25, 0.3) is 0 Å². The van der Waals surface area contributed by atoms with Gasteiger partial charge >= 0.3 is 6.09 Å². The predicted octanol–water partition coefficient (Wildman–Crippen LogP) is 0.989. The quantitative estimate of drug-likeness (QED) is 0.477. The van der Waals surface area contributed by atoms with Gasteiger partial charge in [0, 0.05) is 0 Å². The van der Waals surface area contributed by atoms with Gasteiger partial charge in [-0.3, -0.25) is 9.59 Å². The van der Waals surface area contributed by atoms with Gasteiger partial charge in [0.1, 0.15) is 18.7 Å². The molecule has 3 atom stereocenters. The first-order valence-corrected chi connectivity index (χ1v) is 8.59. The number of benzene rings is 1. The van der Waals surface area contributed by atoms with Crippen LogP contribution in [0.5, 0.6) is 0 Å². The van der Waals surface area contributed by atoms with E-state index in [0.717, 1.165) is 11.1 Å². The summed E-state index contributed by atoms with van der Waals surface area (Å²) in [6.07, 6.45) is -0.0886. The number of carbonyl (C=O) groups excluding carboxylic acids is 3. The molecule has 0 spiro atoms. The molecule has 0 radical (unpaired) electrons. The lowest BCUT2D eigenvalue weighted by molar-refractivity contribution is -0.130. The van der Waals surface area contributed by atoms with Crippen molar-refractivity contribution >= 4 is 17.9 Å². The predicted molar refractivity (Wildman–Crippen MR) is 100 cm³/mol. The molecule has 8 heteroatoms. The van der Waals surface area contributed by atoms with Gasteiger partial charge in [0.15, 0.2) is 0 Å². The monoisotopic (exact) mass is 377 g/mol. The van der Waals surface area contributed by atoms with Gasteiger partial charge in [-0.2, -0.15) is 0 Å². The Morgan fingerprint density at radius 1 is 1.19 bits per heavy atom. The number of aliphatic hydroxyl groups is 1. The SMILES string of the molecule is CC(C)=CC[C@@H](NC(=O)[C@@H](NC(=O)OCc1ccccc1)[C@@H](C)O)C(N)=O. The lowest BCUT2D eigenvalue weighted by Crippen LogP contribution is -2.56. The molecule has 0 heterocycles. The molecule has 0 aromatic heterocycles. The van der Waals surface area contributed by atoms with E-state index in [4.69, 9.17) is 10.5 Å². The van der Waals surface area contributed by atoms with Crippen molar-refractivity contribution in [3.05, 3.63) is 47.5 Å². The minimum atomic E-state index is -1.29. The van der Waals surface area contributed by atoms with Crippen LogP contribution < -0.4 is 16.4 Å². The van der Waals surface area contributed by atoms with Crippen molar-refractivity contribution in [2.24, 2.45) is 5.73 Å². The number of hydrogen-bond donors (Lipinski definition) is 4. The van der Waals surface area contributed by atoms with E-state index >= 15 is 0 Å². The van der Waals surface area contributed by atoms with E-state index in [0.29, 0.717) is 0 Å². The Kier molecular flexibility index (Phi) is 9.01. The lowest BCUT2D eigenvalue weighted by Gasteiger charge is -2.23. The molecule has 5 N–H and O–H groups in total. The minimum absolute atomic E-state index is 0.0192. The molecule has 0 aliphatic heterocycles. The van der Waals surface area contributed by atoms with Crippen molar-refractivity contribution < 1.29 is 24.2 Å². The number of amides is 3. The third-order valence-electron chi connectivity index (χ3n) is 3.67. The molecular formula is C19H27N3O5. The summed E-state index contributed by atoms with van der Waals surface area (Å²) in [6.45, 7) is 5.06. The number of nitrogens with one attached hydrogen (secondary N) is 2. The molecule has 0 saturated carbocycles. The van der Waals surface area contributed by atoms with Crippen molar-refractivity contribution in [2.45, 2.75) is 52.0 Å². The lowest BCUT2D eigenvalue weighted by atomic mass is 10.1. The van der Waals surface area contributed by atoms with Gasteiger partial charge in [0.2, 0.25) is 11.8 Å². The van der Waals surface area contributed by atoms with Gasteiger partial charge in [-0.25, -0.2) is 4.79 Å². The number of primary amides is 1. The molecule has 3 amide bonds. The number of hydrogen-bond acceptors (Lipinski definition) is 5. The average molecular weight is 377 g/mol. The van der Waals surface area contributed by atoms with Crippen LogP contribution in [-0.4, -0.2) is 41.2 Å². The van der Waals surface area contributed by atoms with Crippen LogP contribution in [0.3, 0.4) is 0 Å². The first kappa shape index (κ1) is 22.2. The van der Waals surface area contributed by atoms with Gasteiger partial charge in [-0.15, -0.1) is 0 Å². The highest BCUT2D eigenvalue weighted by Crippen LogP contribution is 2.03. The van der Waals surface area contributed by atoms with Crippen LogP contribution in [-0.2, 0) is 20.9 Å². The van der Waals surface area contributed by atoms with Gasteiger partial charge in [0.25, 0.3) is 0 Å². The molecule has 1 aromatic rings. The molecule has 8 nitrogen and oxygen atoms in total. The summed E-state index contributed by atoms with van der Waals surface area (Å²) in [5.41, 5.74) is 7.05. The van der Waals surface area contributed by atoms with Crippen LogP contribution >= 0.6 is 0 Å². The highest BCUT2D eigenvalue weighted by atomic mass is 16.5. The average Bonchev–Trinajstić information content (AvgIpc) is 2.61. The summed E-state index contributed by atoms with van der Waals surface area (Å²) >= 11 is 0. The van der Waals surface area contributed by atoms with E-state index in [1.807, 2.05) is 19.9 Å². The Balaban J connectivity index is 2.67. The standard InChI is InChI=1S/C19H27N3O5/c1-12(2)9-10-15(17(20)24)21-18(25)16(13(3)23)22-19(26)27-11-14-7-5-4-6-8-14/h4-9,13,15-16,23H,10-11H2,1-3H3,(H2,20,24)(H,21,25)(H,22,26)/t13-,15-,16+/m1/s1. The summed E-state index contributed by atoms with van der Waals surface area (Å²) < 4.78 is 5.05. The molecule has 148 valence electrons. The fourth-order valence-electron chi connectivity index (χ4n) is 2.16. The van der Waals surface area contributed by atoms with Crippen molar-refractivity contribution in [1.29, 1.82) is 0 Å². The summed E-state index contributed by atoms with van der Waals surface area (Å²) in [6, 6.07) is 6.78. The summed E-state index contributed by atoms with van der Waals surface area (Å²) in [4.78, 5) is 35.9. The molecule has 27 heavy (non-hydrogen) atoms. The van der Waals surface area contributed by atoms with Crippen molar-refractivity contribution in [3.63, 3.8) is 0 Å². The molecule has 1 aromatic carbocycles. The fourth-order valence-corrected chi connectivity index (χ4v) is 2.16. The number of nitrogens with two attached hydrogens (primary N) is 1. The van der Waals surface area contributed by atoms with Gasteiger partial charge in [-0.1, -0.05) is 42.0 Å². The van der Waals surface area contributed by atoms with Crippen molar-refractivity contribution in [2.75, 3.05) is 0 Å². The molecule has 0 aliphatic carbocycles. The van der Waals surface area contributed by atoms with Crippen LogP contribution in [0.4, 0.5) is 4.79 Å². The van der Waals surface area contributed by atoms with E-state index < -0.39 is 36.1 Å². The first-order chi connectivity index (χ1) is 12.7. The van der Waals surface area contributed by atoms with Crippen LogP contribution in [0.2, 0.25) is 0 Å². The third kappa shape index (κ3) is 8.37. The van der Waals surface area contributed by atoms with Crippen LogP contribution in [0, 0.1) is 0 Å². The molecule has 0 bridgehead atoms. The van der Waals surface area contributed by atoms with Gasteiger partial charge in [-0.05, 0) is 32.8 Å². The zero-order valence-electron chi connectivity index (χ0n) is 15.8. The fraction of sp³-hybridized carbons (Fsp3) is 0.421. The largest absolute Gasteiger partial charge is 0.445 e. The zero-order valence-corrected chi connectivity index (χ0v) is 15.8. The van der Waals surface area contributed by atoms with E-state index in [1.54, 1.807) is 30.3 Å². The molecule has 0 unspecified atom stereocenters. The minimum Gasteiger partial charge on any atom is -0.445 e. The van der Waals surface area contributed by atoms with Crippen molar-refractivity contribution in [3.8, 4) is 0 Å². The zero-order chi connectivity index (χ0) is 20.4. The Bertz CT molecular complexity index is 669. The number of carbonyl (C=O) groups is 3. The van der Waals surface area contributed by atoms with Crippen LogP contribution in [0.15, 0.2) is 42.0 Å². The number of ether oxygens (including phenoxy) is 1. The topological polar surface area (TPSA) is 131 Å². The van der Waals surface area contributed by atoms with Crippen molar-refractivity contribution in [1.82, 2.24) is 10.6 Å². The van der Waals surface area contributed by atoms with Gasteiger partial charge < -0.3 is 26.2 Å². The molecule has 1 rings (SSSR count). The normalized spacial score (nSPS) is 13.6. The number of alkyl carbamates (subject to hydrolysis) is 1. The molecule has 0 aliphatic rings. The van der Waals surface area contributed by atoms with E-state index in [9.17, 15) is 19.5 Å². The molecule has 0 saturated heterocycles. The highest BCUT2D eigenvalue weighted by Gasteiger charge is 2.29. The number of aliphatic hydroxyl groups excluding tert-OH is 1. The smallest absolute Gasteiger partial charge is 0.408 e. The first-order valence-electron chi connectivity index (χ1n) is 8.59. The molecular weight excluding hydrogens is 350 g/mol. The second-order valence-electron chi connectivity index (χ2n) is 6.41. The number of rotatable bonds is 9. The Morgan fingerprint density at radius 2 is 1.81 bits per heavy atom. The van der Waals surface area contributed by atoms with E-state index in [1.165, 1.54) is 6.92 Å². The maximum absolute atomic E-state index is 12.4. The maximum atomic E-state index is 12.4. The molecule has 0 fully saturated rings. The Morgan fingerprint density at radius 3 is 2.33 bits per heavy atom. The summed E-state index contributed by atoms with van der Waals surface area (Å²) in [7, 11) is 0. The second kappa shape index (κ2) is 11.0. The van der Waals surface area contributed by atoms with Crippen LogP contribution in [0.1, 0.15) is 32.8 Å². The summed E-state index contributed by atoms with van der Waals surface area (Å²) in [5.74, 6) is -1.44. The third-order valence-corrected chi connectivity index (χ3v) is 3.67. The summed E-state index contributed by atoms with van der Waals surface area (Å²) in [5, 5.41) is 14.6. The number of allylic oxidation sites excluding steroid dienone is 1. The highest BCUT2D eigenvalue weighted by molar-refractivity contribution is 5.91. The van der Waals surface area contributed by atoms with E-state index in [-0.39, 0.29) is 13.0 Å². The maximum Gasteiger partial charge on any atom is 0.408 e. The Hall–Kier alpha value is -2.87.